The van der Waals surface area contributed by atoms with E-state index in [-0.39, 0.29) is 41.0 Å². The van der Waals surface area contributed by atoms with Gasteiger partial charge in [-0.1, -0.05) is 29.8 Å². The number of esters is 2. The summed E-state index contributed by atoms with van der Waals surface area (Å²) in [6.07, 6.45) is 0.0353. The van der Waals surface area contributed by atoms with Gasteiger partial charge in [-0.2, -0.15) is 0 Å². The van der Waals surface area contributed by atoms with Gasteiger partial charge in [-0.15, -0.1) is 11.3 Å². The minimum atomic E-state index is -0.602. The first-order valence-electron chi connectivity index (χ1n) is 8.39. The van der Waals surface area contributed by atoms with Gasteiger partial charge >= 0.3 is 11.9 Å². The lowest BCUT2D eigenvalue weighted by molar-refractivity contribution is -0.115. The minimum absolute atomic E-state index is 0.0353. The summed E-state index contributed by atoms with van der Waals surface area (Å²) in [6, 6.07) is 7.00. The molecule has 0 atom stereocenters. The zero-order valence-corrected chi connectivity index (χ0v) is 16.8. The van der Waals surface area contributed by atoms with E-state index in [1.807, 2.05) is 0 Å². The Labute approximate surface area is 166 Å². The number of carbonyl (C=O) groups is 3. The van der Waals surface area contributed by atoms with E-state index in [2.05, 4.69) is 5.32 Å². The second-order valence-electron chi connectivity index (χ2n) is 5.52. The number of hydrogen-bond donors (Lipinski definition) is 1. The molecule has 0 aliphatic heterocycles. The molecule has 8 heteroatoms. The van der Waals surface area contributed by atoms with Crippen molar-refractivity contribution in [2.75, 3.05) is 18.5 Å². The third-order valence-corrected chi connectivity index (χ3v) is 5.20. The molecular weight excluding hydrogens is 390 g/mol. The molecule has 0 unspecified atom stereocenters. The number of benzene rings is 1. The van der Waals surface area contributed by atoms with Gasteiger partial charge in [0.15, 0.2) is 0 Å². The third-order valence-electron chi connectivity index (χ3n) is 3.65. The molecule has 1 heterocycles. The number of ether oxygens (including phenoxy) is 2. The van der Waals surface area contributed by atoms with Crippen LogP contribution in [0.1, 0.15) is 45.0 Å². The molecule has 0 radical (unpaired) electrons. The molecule has 0 saturated heterocycles. The van der Waals surface area contributed by atoms with Crippen LogP contribution in [-0.2, 0) is 20.7 Å². The Morgan fingerprint density at radius 1 is 1.07 bits per heavy atom. The zero-order valence-electron chi connectivity index (χ0n) is 15.3. The SMILES string of the molecule is CCOC(=O)c1sc(NC(=O)Cc2ccccc2Cl)c(C(=O)OCC)c1C. The summed E-state index contributed by atoms with van der Waals surface area (Å²) in [6.45, 7) is 5.38. The van der Waals surface area contributed by atoms with Crippen LogP contribution < -0.4 is 5.32 Å². The van der Waals surface area contributed by atoms with Crippen LogP contribution in [0.4, 0.5) is 5.00 Å². The molecular formula is C19H20ClNO5S. The van der Waals surface area contributed by atoms with Crippen molar-refractivity contribution in [3.63, 3.8) is 0 Å². The van der Waals surface area contributed by atoms with Gasteiger partial charge in [0.05, 0.1) is 25.2 Å². The summed E-state index contributed by atoms with van der Waals surface area (Å²) in [5.41, 5.74) is 1.25. The van der Waals surface area contributed by atoms with Crippen LogP contribution in [0.25, 0.3) is 0 Å². The van der Waals surface area contributed by atoms with Crippen molar-refractivity contribution in [1.82, 2.24) is 0 Å². The highest BCUT2D eigenvalue weighted by Crippen LogP contribution is 2.34. The minimum Gasteiger partial charge on any atom is -0.462 e. The molecule has 0 saturated carbocycles. The summed E-state index contributed by atoms with van der Waals surface area (Å²) < 4.78 is 10.1. The van der Waals surface area contributed by atoms with Gasteiger partial charge in [0.25, 0.3) is 0 Å². The van der Waals surface area contributed by atoms with Gasteiger partial charge in [0.1, 0.15) is 9.88 Å². The third kappa shape index (κ3) is 5.08. The van der Waals surface area contributed by atoms with E-state index in [1.165, 1.54) is 0 Å². The molecule has 1 aromatic heterocycles. The lowest BCUT2D eigenvalue weighted by Crippen LogP contribution is -2.16. The molecule has 1 amide bonds. The maximum atomic E-state index is 12.5. The number of nitrogens with one attached hydrogen (secondary N) is 1. The topological polar surface area (TPSA) is 81.7 Å². The van der Waals surface area contributed by atoms with Crippen molar-refractivity contribution in [1.29, 1.82) is 0 Å². The Hall–Kier alpha value is -2.38. The van der Waals surface area contributed by atoms with Gasteiger partial charge in [-0.25, -0.2) is 9.59 Å². The normalized spacial score (nSPS) is 10.4. The zero-order chi connectivity index (χ0) is 20.0. The van der Waals surface area contributed by atoms with Crippen molar-refractivity contribution in [3.8, 4) is 0 Å². The molecule has 0 aliphatic carbocycles. The highest BCUT2D eigenvalue weighted by Gasteiger charge is 2.27. The summed E-state index contributed by atoms with van der Waals surface area (Å²) >= 11 is 7.08. The molecule has 27 heavy (non-hydrogen) atoms. The van der Waals surface area contributed by atoms with Crippen LogP contribution >= 0.6 is 22.9 Å². The van der Waals surface area contributed by atoms with Gasteiger partial charge in [0, 0.05) is 5.02 Å². The number of halogens is 1. The van der Waals surface area contributed by atoms with Crippen LogP contribution in [0.15, 0.2) is 24.3 Å². The molecule has 0 spiro atoms. The summed E-state index contributed by atoms with van der Waals surface area (Å²) in [7, 11) is 0. The second kappa shape index (κ2) is 9.53. The monoisotopic (exact) mass is 409 g/mol. The van der Waals surface area contributed by atoms with Gasteiger partial charge < -0.3 is 14.8 Å². The van der Waals surface area contributed by atoms with Gasteiger partial charge in [-0.05, 0) is 38.0 Å². The number of hydrogen-bond acceptors (Lipinski definition) is 6. The average molecular weight is 410 g/mol. The number of amides is 1. The van der Waals surface area contributed by atoms with Gasteiger partial charge in [-0.3, -0.25) is 4.79 Å². The molecule has 0 aliphatic rings. The molecule has 1 N–H and O–H groups in total. The fourth-order valence-corrected chi connectivity index (χ4v) is 3.73. The lowest BCUT2D eigenvalue weighted by Gasteiger charge is -2.08. The van der Waals surface area contributed by atoms with Crippen molar-refractivity contribution in [2.45, 2.75) is 27.2 Å². The summed E-state index contributed by atoms with van der Waals surface area (Å²) in [4.78, 5) is 37.2. The van der Waals surface area contributed by atoms with Crippen LogP contribution in [-0.4, -0.2) is 31.1 Å². The summed E-state index contributed by atoms with van der Waals surface area (Å²) in [5.74, 6) is -1.50. The molecule has 6 nitrogen and oxygen atoms in total. The second-order valence-corrected chi connectivity index (χ2v) is 6.95. The Balaban J connectivity index is 2.32. The molecule has 0 bridgehead atoms. The predicted octanol–water partition coefficient (Wildman–Crippen LogP) is 4.24. The predicted molar refractivity (Wildman–Crippen MR) is 105 cm³/mol. The fourth-order valence-electron chi connectivity index (χ4n) is 2.43. The van der Waals surface area contributed by atoms with E-state index in [4.69, 9.17) is 21.1 Å². The summed E-state index contributed by atoms with van der Waals surface area (Å²) in [5, 5.41) is 3.43. The standard InChI is InChI=1S/C19H20ClNO5S/c1-4-25-18(23)15-11(3)16(19(24)26-5-2)27-17(15)21-14(22)10-12-8-6-7-9-13(12)20/h6-9H,4-5,10H2,1-3H3,(H,21,22). The van der Waals surface area contributed by atoms with Crippen LogP contribution in [0.2, 0.25) is 5.02 Å². The van der Waals surface area contributed by atoms with Crippen LogP contribution in [0.5, 0.6) is 0 Å². The first-order valence-corrected chi connectivity index (χ1v) is 9.59. The number of anilines is 1. The van der Waals surface area contributed by atoms with Crippen LogP contribution in [0, 0.1) is 6.92 Å². The van der Waals surface area contributed by atoms with E-state index < -0.39 is 11.9 Å². The maximum absolute atomic E-state index is 12.5. The quantitative estimate of drug-likeness (QED) is 0.691. The number of thiophene rings is 1. The Morgan fingerprint density at radius 3 is 2.33 bits per heavy atom. The van der Waals surface area contributed by atoms with Crippen LogP contribution in [0.3, 0.4) is 0 Å². The molecule has 2 aromatic rings. The fraction of sp³-hybridized carbons (Fsp3) is 0.316. The van der Waals surface area contributed by atoms with Crippen molar-refractivity contribution in [2.24, 2.45) is 0 Å². The van der Waals surface area contributed by atoms with Crippen molar-refractivity contribution in [3.05, 3.63) is 50.9 Å². The van der Waals surface area contributed by atoms with E-state index in [0.717, 1.165) is 11.3 Å². The highest BCUT2D eigenvalue weighted by atomic mass is 35.5. The smallest absolute Gasteiger partial charge is 0.348 e. The molecule has 1 aromatic carbocycles. The number of rotatable bonds is 7. The molecule has 2 rings (SSSR count). The van der Waals surface area contributed by atoms with E-state index in [0.29, 0.717) is 16.1 Å². The van der Waals surface area contributed by atoms with E-state index in [9.17, 15) is 14.4 Å². The van der Waals surface area contributed by atoms with E-state index in [1.54, 1.807) is 45.0 Å². The Kier molecular flexibility index (Phi) is 7.38. The maximum Gasteiger partial charge on any atom is 0.348 e. The van der Waals surface area contributed by atoms with Crippen molar-refractivity contribution < 1.29 is 23.9 Å². The Bertz CT molecular complexity index is 862. The van der Waals surface area contributed by atoms with Crippen molar-refractivity contribution >= 4 is 45.8 Å². The molecule has 0 fully saturated rings. The lowest BCUT2D eigenvalue weighted by atomic mass is 10.1. The first-order chi connectivity index (χ1) is 12.9. The van der Waals surface area contributed by atoms with E-state index >= 15 is 0 Å². The largest absolute Gasteiger partial charge is 0.462 e. The number of carbonyl (C=O) groups excluding carboxylic acids is 3. The average Bonchev–Trinajstić information content (AvgIpc) is 2.93. The first kappa shape index (κ1) is 20.9. The van der Waals surface area contributed by atoms with Gasteiger partial charge in [0.2, 0.25) is 5.91 Å². The highest BCUT2D eigenvalue weighted by molar-refractivity contribution is 7.18. The molecule has 144 valence electrons. The Morgan fingerprint density at radius 2 is 1.70 bits per heavy atom.